The summed E-state index contributed by atoms with van der Waals surface area (Å²) in [5.74, 6) is 0. The zero-order chi connectivity index (χ0) is 6.20. The predicted molar refractivity (Wildman–Crippen MR) is 40.8 cm³/mol. The zero-order valence-electron chi connectivity index (χ0n) is 4.89. The second-order valence-electron chi connectivity index (χ2n) is 2.59. The van der Waals surface area contributed by atoms with E-state index in [9.17, 15) is 5.11 Å². The normalized spacial score (nSPS) is 40.9. The van der Waals surface area contributed by atoms with Crippen molar-refractivity contribution in [2.75, 3.05) is 13.1 Å². The van der Waals surface area contributed by atoms with Crippen LogP contribution in [0.3, 0.4) is 0 Å². The molecule has 0 aromatic heterocycles. The van der Waals surface area contributed by atoms with Crippen molar-refractivity contribution >= 4 is 22.9 Å². The summed E-state index contributed by atoms with van der Waals surface area (Å²) in [4.78, 5) is 0. The highest BCUT2D eigenvalue weighted by atomic mass is 127. The smallest absolute Gasteiger partial charge is 0.0766 e. The van der Waals surface area contributed by atoms with E-state index in [4.69, 9.17) is 0 Å². The highest BCUT2D eigenvalue weighted by Crippen LogP contribution is 2.22. The third-order valence-electron chi connectivity index (χ3n) is 1.41. The van der Waals surface area contributed by atoms with Crippen molar-refractivity contribution in [2.24, 2.45) is 0 Å². The highest BCUT2D eigenvalue weighted by molar-refractivity contribution is 14.1. The van der Waals surface area contributed by atoms with Crippen LogP contribution in [-0.4, -0.2) is 26.9 Å². The van der Waals surface area contributed by atoms with Crippen LogP contribution in [0.1, 0.15) is 13.3 Å². The molecule has 0 radical (unpaired) electrons. The van der Waals surface area contributed by atoms with Crippen molar-refractivity contribution in [1.29, 1.82) is 0 Å². The molecule has 0 aromatic carbocycles. The molecule has 2 nitrogen and oxygen atoms in total. The summed E-state index contributed by atoms with van der Waals surface area (Å²) in [6.45, 7) is 3.72. The molecule has 0 aliphatic carbocycles. The summed E-state index contributed by atoms with van der Waals surface area (Å²) in [6, 6.07) is 0. The minimum atomic E-state index is -0.415. The quantitative estimate of drug-likeness (QED) is 0.488. The minimum absolute atomic E-state index is 0.415. The first kappa shape index (κ1) is 6.77. The van der Waals surface area contributed by atoms with Crippen LogP contribution in [0.25, 0.3) is 0 Å². The highest BCUT2D eigenvalue weighted by Gasteiger charge is 2.29. The number of halogens is 1. The lowest BCUT2D eigenvalue weighted by Gasteiger charge is -2.13. The number of hydrogen-bond acceptors (Lipinski definition) is 2. The molecule has 1 N–H and O–H groups in total. The van der Waals surface area contributed by atoms with E-state index in [1.54, 1.807) is 0 Å². The Kier molecular flexibility index (Phi) is 1.79. The maximum absolute atomic E-state index is 9.32. The average Bonchev–Trinajstić information content (AvgIpc) is 1.82. The van der Waals surface area contributed by atoms with Gasteiger partial charge in [0.25, 0.3) is 0 Å². The van der Waals surface area contributed by atoms with E-state index in [1.807, 2.05) is 6.92 Å². The van der Waals surface area contributed by atoms with Gasteiger partial charge in [-0.05, 0) is 13.3 Å². The van der Waals surface area contributed by atoms with Crippen LogP contribution < -0.4 is 0 Å². The molecule has 1 fully saturated rings. The Morgan fingerprint density at radius 3 is 2.50 bits per heavy atom. The van der Waals surface area contributed by atoms with Crippen molar-refractivity contribution in [3.05, 3.63) is 0 Å². The molecule has 8 heavy (non-hydrogen) atoms. The van der Waals surface area contributed by atoms with Crippen LogP contribution >= 0.6 is 22.9 Å². The van der Waals surface area contributed by atoms with Crippen molar-refractivity contribution in [3.8, 4) is 0 Å². The number of aliphatic hydroxyl groups is 1. The minimum Gasteiger partial charge on any atom is -0.389 e. The first-order valence-electron chi connectivity index (χ1n) is 2.73. The largest absolute Gasteiger partial charge is 0.389 e. The van der Waals surface area contributed by atoms with Gasteiger partial charge in [-0.3, -0.25) is 0 Å². The van der Waals surface area contributed by atoms with Crippen LogP contribution in [0, 0.1) is 0 Å². The summed E-state index contributed by atoms with van der Waals surface area (Å²) in [5.41, 5.74) is -0.415. The van der Waals surface area contributed by atoms with Gasteiger partial charge in [-0.15, -0.1) is 0 Å². The summed E-state index contributed by atoms with van der Waals surface area (Å²) >= 11 is 2.23. The maximum Gasteiger partial charge on any atom is 0.0766 e. The zero-order valence-corrected chi connectivity index (χ0v) is 7.05. The summed E-state index contributed by atoms with van der Waals surface area (Å²) in [5, 5.41) is 9.32. The number of rotatable bonds is 0. The molecule has 1 saturated heterocycles. The summed E-state index contributed by atoms with van der Waals surface area (Å²) < 4.78 is 2.11. The lowest BCUT2D eigenvalue weighted by molar-refractivity contribution is 0.0781. The van der Waals surface area contributed by atoms with Gasteiger partial charge in [-0.2, -0.15) is 0 Å². The molecule has 0 amide bonds. The Balaban J connectivity index is 2.44. The Hall–Kier alpha value is 0.650. The first-order chi connectivity index (χ1) is 3.60. The van der Waals surface area contributed by atoms with Gasteiger partial charge in [-0.25, -0.2) is 3.11 Å². The van der Waals surface area contributed by atoms with Crippen LogP contribution in [0.2, 0.25) is 0 Å². The van der Waals surface area contributed by atoms with E-state index in [-0.39, 0.29) is 0 Å². The molecule has 0 unspecified atom stereocenters. The van der Waals surface area contributed by atoms with Gasteiger partial charge in [0.05, 0.1) is 5.60 Å². The van der Waals surface area contributed by atoms with Gasteiger partial charge < -0.3 is 5.11 Å². The van der Waals surface area contributed by atoms with E-state index in [2.05, 4.69) is 26.0 Å². The third kappa shape index (κ3) is 1.56. The third-order valence-corrected chi connectivity index (χ3v) is 2.23. The molecular formula is C5H10INO. The van der Waals surface area contributed by atoms with E-state index in [0.29, 0.717) is 0 Å². The lowest BCUT2D eigenvalue weighted by Crippen LogP contribution is -2.25. The first-order valence-corrected chi connectivity index (χ1v) is 3.70. The van der Waals surface area contributed by atoms with Crippen LogP contribution in [0.15, 0.2) is 0 Å². The molecule has 3 heteroatoms. The molecule has 0 saturated carbocycles. The van der Waals surface area contributed by atoms with E-state index in [0.717, 1.165) is 19.5 Å². The van der Waals surface area contributed by atoms with Crippen molar-refractivity contribution in [2.45, 2.75) is 18.9 Å². The average molecular weight is 227 g/mol. The number of hydrogen-bond donors (Lipinski definition) is 1. The van der Waals surface area contributed by atoms with Crippen LogP contribution in [-0.2, 0) is 0 Å². The van der Waals surface area contributed by atoms with Crippen molar-refractivity contribution in [3.63, 3.8) is 0 Å². The fourth-order valence-electron chi connectivity index (χ4n) is 0.890. The van der Waals surface area contributed by atoms with E-state index < -0.39 is 5.60 Å². The van der Waals surface area contributed by atoms with Crippen LogP contribution in [0.5, 0.6) is 0 Å². The van der Waals surface area contributed by atoms with Crippen molar-refractivity contribution < 1.29 is 5.11 Å². The summed E-state index contributed by atoms with van der Waals surface area (Å²) in [6.07, 6.45) is 0.913. The fourth-order valence-corrected chi connectivity index (χ4v) is 1.87. The number of β-amino-alcohol motifs (C(OH)–C–C–N with tert-alkyl or cyclic N) is 1. The lowest BCUT2D eigenvalue weighted by atomic mass is 10.1. The molecule has 0 spiro atoms. The standard InChI is InChI=1S/C5H10INO/c1-5(8)2-3-7(6)4-5/h8H,2-4H2,1H3/t5-/m1/s1. The topological polar surface area (TPSA) is 23.5 Å². The molecular weight excluding hydrogens is 217 g/mol. The fraction of sp³-hybridized carbons (Fsp3) is 1.00. The predicted octanol–water partition coefficient (Wildman–Crippen LogP) is 0.793. The van der Waals surface area contributed by atoms with Gasteiger partial charge >= 0.3 is 0 Å². The Morgan fingerprint density at radius 2 is 2.38 bits per heavy atom. The molecule has 48 valence electrons. The summed E-state index contributed by atoms with van der Waals surface area (Å²) in [7, 11) is 0. The van der Waals surface area contributed by atoms with Gasteiger partial charge in [0.1, 0.15) is 0 Å². The monoisotopic (exact) mass is 227 g/mol. The molecule has 1 rings (SSSR count). The van der Waals surface area contributed by atoms with Gasteiger partial charge in [-0.1, -0.05) is 0 Å². The number of nitrogens with zero attached hydrogens (tertiary/aromatic N) is 1. The van der Waals surface area contributed by atoms with Gasteiger partial charge in [0, 0.05) is 36.0 Å². The Bertz CT molecular complexity index is 94.4. The maximum atomic E-state index is 9.32. The molecule has 0 aromatic rings. The Labute approximate surface area is 63.4 Å². The Morgan fingerprint density at radius 1 is 1.75 bits per heavy atom. The molecule has 1 aliphatic heterocycles. The molecule has 0 bridgehead atoms. The van der Waals surface area contributed by atoms with Crippen molar-refractivity contribution in [1.82, 2.24) is 3.11 Å². The van der Waals surface area contributed by atoms with E-state index >= 15 is 0 Å². The molecule has 1 heterocycles. The second kappa shape index (κ2) is 2.11. The molecule has 1 aliphatic rings. The SMILES string of the molecule is C[C@@]1(O)CCN(I)C1. The molecule has 1 atom stereocenters. The van der Waals surface area contributed by atoms with Crippen LogP contribution in [0.4, 0.5) is 0 Å². The van der Waals surface area contributed by atoms with Gasteiger partial charge in [0.2, 0.25) is 0 Å². The van der Waals surface area contributed by atoms with E-state index in [1.165, 1.54) is 0 Å². The second-order valence-corrected chi connectivity index (χ2v) is 3.96. The van der Waals surface area contributed by atoms with Gasteiger partial charge in [0.15, 0.2) is 0 Å².